The maximum absolute atomic E-state index is 5.20. The number of aromatic nitrogens is 4. The number of nitrogens with zero attached hydrogens (tertiary/aromatic N) is 4. The van der Waals surface area contributed by atoms with Gasteiger partial charge >= 0.3 is 0 Å². The Balaban J connectivity index is 1.73. The lowest BCUT2D eigenvalue weighted by molar-refractivity contribution is 0.414. The fourth-order valence-corrected chi connectivity index (χ4v) is 2.68. The number of hydrogen-bond acceptors (Lipinski definition) is 4. The van der Waals surface area contributed by atoms with Crippen LogP contribution < -0.4 is 4.74 Å². The topological polar surface area (TPSA) is 52.8 Å². The molecule has 1 aliphatic carbocycles. The lowest BCUT2D eigenvalue weighted by Gasteiger charge is -2.07. The fourth-order valence-electron chi connectivity index (χ4n) is 2.68. The van der Waals surface area contributed by atoms with E-state index in [2.05, 4.69) is 31.9 Å². The van der Waals surface area contributed by atoms with Gasteiger partial charge in [0.05, 0.1) is 25.5 Å². The summed E-state index contributed by atoms with van der Waals surface area (Å²) in [5.41, 5.74) is 4.34. The van der Waals surface area contributed by atoms with Gasteiger partial charge < -0.3 is 4.74 Å². The molecule has 0 N–H and O–H groups in total. The van der Waals surface area contributed by atoms with Gasteiger partial charge in [0.2, 0.25) is 0 Å². The second-order valence-corrected chi connectivity index (χ2v) is 5.42. The Bertz CT molecular complexity index is 775. The molecular weight excluding hydrogens is 264 g/mol. The lowest BCUT2D eigenvalue weighted by Crippen LogP contribution is -2.05. The molecule has 1 aromatic carbocycles. The van der Waals surface area contributed by atoms with Gasteiger partial charge in [-0.3, -0.25) is 4.68 Å². The van der Waals surface area contributed by atoms with Gasteiger partial charge in [0.15, 0.2) is 0 Å². The third kappa shape index (κ3) is 2.24. The molecule has 1 fully saturated rings. The molecule has 1 aliphatic rings. The summed E-state index contributed by atoms with van der Waals surface area (Å²) in [7, 11) is 1.68. The maximum atomic E-state index is 5.20. The molecule has 0 spiro atoms. The Hall–Kier alpha value is -2.43. The zero-order valence-electron chi connectivity index (χ0n) is 11.9. The van der Waals surface area contributed by atoms with Gasteiger partial charge in [0, 0.05) is 5.92 Å². The summed E-state index contributed by atoms with van der Waals surface area (Å²) in [6.07, 6.45) is 5.85. The highest BCUT2D eigenvalue weighted by atomic mass is 16.5. The Morgan fingerprint density at radius 3 is 2.76 bits per heavy atom. The minimum atomic E-state index is 0.600. The van der Waals surface area contributed by atoms with Gasteiger partial charge in [-0.05, 0) is 30.5 Å². The third-order valence-electron chi connectivity index (χ3n) is 3.90. The van der Waals surface area contributed by atoms with E-state index >= 15 is 0 Å². The van der Waals surface area contributed by atoms with E-state index in [0.29, 0.717) is 5.92 Å². The molecule has 4 rings (SSSR count). The summed E-state index contributed by atoms with van der Waals surface area (Å²) < 4.78 is 7.28. The molecule has 5 nitrogen and oxygen atoms in total. The molecule has 0 bridgehead atoms. The number of ether oxygens (including phenoxy) is 1. The first kappa shape index (κ1) is 12.3. The second-order valence-electron chi connectivity index (χ2n) is 5.42. The highest BCUT2D eigenvalue weighted by Gasteiger charge is 2.30. The SMILES string of the molecule is COc1ccc(Cn2nc3cncnc3c2C2CC2)cc1. The van der Waals surface area contributed by atoms with Gasteiger partial charge in [-0.25, -0.2) is 9.97 Å². The summed E-state index contributed by atoms with van der Waals surface area (Å²) in [6, 6.07) is 8.12. The summed E-state index contributed by atoms with van der Waals surface area (Å²) in [5.74, 6) is 1.47. The Labute approximate surface area is 122 Å². The summed E-state index contributed by atoms with van der Waals surface area (Å²) in [6.45, 7) is 0.756. The minimum Gasteiger partial charge on any atom is -0.497 e. The van der Waals surface area contributed by atoms with Gasteiger partial charge in [0.1, 0.15) is 23.1 Å². The summed E-state index contributed by atoms with van der Waals surface area (Å²) in [4.78, 5) is 8.49. The molecule has 3 aromatic rings. The molecule has 0 radical (unpaired) electrons. The molecule has 0 aliphatic heterocycles. The Morgan fingerprint density at radius 1 is 1.24 bits per heavy atom. The van der Waals surface area contributed by atoms with Crippen LogP contribution in [0.1, 0.15) is 30.0 Å². The van der Waals surface area contributed by atoms with Crippen LogP contribution in [0.15, 0.2) is 36.8 Å². The second kappa shape index (κ2) is 4.84. The van der Waals surface area contributed by atoms with Crippen LogP contribution in [0.3, 0.4) is 0 Å². The quantitative estimate of drug-likeness (QED) is 0.737. The van der Waals surface area contributed by atoms with E-state index in [-0.39, 0.29) is 0 Å². The highest BCUT2D eigenvalue weighted by molar-refractivity contribution is 5.77. The number of methoxy groups -OCH3 is 1. The third-order valence-corrected chi connectivity index (χ3v) is 3.90. The highest BCUT2D eigenvalue weighted by Crippen LogP contribution is 2.42. The molecule has 0 amide bonds. The smallest absolute Gasteiger partial charge is 0.129 e. The molecule has 21 heavy (non-hydrogen) atoms. The van der Waals surface area contributed by atoms with Crippen molar-refractivity contribution in [1.82, 2.24) is 19.7 Å². The van der Waals surface area contributed by atoms with Crippen LogP contribution >= 0.6 is 0 Å². The molecule has 0 saturated heterocycles. The zero-order chi connectivity index (χ0) is 14.2. The molecule has 2 aromatic heterocycles. The van der Waals surface area contributed by atoms with Crippen molar-refractivity contribution in [3.05, 3.63) is 48.0 Å². The van der Waals surface area contributed by atoms with Gasteiger partial charge in [0.25, 0.3) is 0 Å². The van der Waals surface area contributed by atoms with Crippen LogP contribution in [0.5, 0.6) is 5.75 Å². The van der Waals surface area contributed by atoms with Gasteiger partial charge in [-0.1, -0.05) is 12.1 Å². The van der Waals surface area contributed by atoms with Crippen LogP contribution in [-0.2, 0) is 6.54 Å². The van der Waals surface area contributed by atoms with E-state index in [1.165, 1.54) is 24.1 Å². The van der Waals surface area contributed by atoms with E-state index in [1.807, 2.05) is 12.1 Å². The van der Waals surface area contributed by atoms with Crippen molar-refractivity contribution in [2.75, 3.05) is 7.11 Å². The number of benzene rings is 1. The summed E-state index contributed by atoms with van der Waals surface area (Å²) >= 11 is 0. The van der Waals surface area contributed by atoms with E-state index in [9.17, 15) is 0 Å². The van der Waals surface area contributed by atoms with Crippen molar-refractivity contribution in [3.63, 3.8) is 0 Å². The molecule has 106 valence electrons. The Kier molecular flexibility index (Phi) is 2.84. The van der Waals surface area contributed by atoms with Crippen LogP contribution in [-0.4, -0.2) is 26.9 Å². The molecule has 0 unspecified atom stereocenters. The van der Waals surface area contributed by atoms with E-state index in [4.69, 9.17) is 4.74 Å². The van der Waals surface area contributed by atoms with Gasteiger partial charge in [-0.2, -0.15) is 5.10 Å². The van der Waals surface area contributed by atoms with E-state index in [0.717, 1.165) is 23.3 Å². The van der Waals surface area contributed by atoms with Crippen LogP contribution in [0.25, 0.3) is 11.0 Å². The predicted molar refractivity (Wildman–Crippen MR) is 79.4 cm³/mol. The van der Waals surface area contributed by atoms with E-state index < -0.39 is 0 Å². The standard InChI is InChI=1S/C16H16N4O/c1-21-13-6-2-11(3-7-13)9-20-16(12-4-5-12)15-14(19-20)8-17-10-18-15/h2-3,6-8,10,12H,4-5,9H2,1H3. The molecule has 0 atom stereocenters. The summed E-state index contributed by atoms with van der Waals surface area (Å²) in [5, 5.41) is 4.67. The van der Waals surface area contributed by atoms with E-state index in [1.54, 1.807) is 19.6 Å². The maximum Gasteiger partial charge on any atom is 0.129 e. The average molecular weight is 280 g/mol. The van der Waals surface area contributed by atoms with Crippen LogP contribution in [0.4, 0.5) is 0 Å². The molecule has 5 heteroatoms. The normalized spacial score (nSPS) is 14.5. The van der Waals surface area contributed by atoms with Gasteiger partial charge in [-0.15, -0.1) is 0 Å². The first-order valence-corrected chi connectivity index (χ1v) is 7.14. The predicted octanol–water partition coefficient (Wildman–Crippen LogP) is 2.76. The Morgan fingerprint density at radius 2 is 2.05 bits per heavy atom. The van der Waals surface area contributed by atoms with Crippen molar-refractivity contribution in [2.24, 2.45) is 0 Å². The molecular formula is C16H16N4O. The minimum absolute atomic E-state index is 0.600. The number of hydrogen-bond donors (Lipinski definition) is 0. The van der Waals surface area contributed by atoms with Crippen LogP contribution in [0.2, 0.25) is 0 Å². The number of rotatable bonds is 4. The monoisotopic (exact) mass is 280 g/mol. The zero-order valence-corrected chi connectivity index (χ0v) is 11.9. The van der Waals surface area contributed by atoms with Crippen molar-refractivity contribution in [1.29, 1.82) is 0 Å². The average Bonchev–Trinajstić information content (AvgIpc) is 3.29. The fraction of sp³-hybridized carbons (Fsp3) is 0.312. The first-order valence-electron chi connectivity index (χ1n) is 7.14. The first-order chi connectivity index (χ1) is 10.3. The molecule has 2 heterocycles. The lowest BCUT2D eigenvalue weighted by atomic mass is 10.2. The number of fused-ring (bicyclic) bond motifs is 1. The molecule has 1 saturated carbocycles. The van der Waals surface area contributed by atoms with Crippen LogP contribution in [0, 0.1) is 0 Å². The largest absolute Gasteiger partial charge is 0.497 e. The van der Waals surface area contributed by atoms with Crippen molar-refractivity contribution >= 4 is 11.0 Å². The van der Waals surface area contributed by atoms with Crippen molar-refractivity contribution < 1.29 is 4.74 Å². The van der Waals surface area contributed by atoms with Crippen molar-refractivity contribution in [3.8, 4) is 5.75 Å². The van der Waals surface area contributed by atoms with Crippen molar-refractivity contribution in [2.45, 2.75) is 25.3 Å².